The molecule has 1 aromatic rings. The van der Waals surface area contributed by atoms with Gasteiger partial charge >= 0.3 is 0 Å². The second-order valence-corrected chi connectivity index (χ2v) is 5.67. The summed E-state index contributed by atoms with van der Waals surface area (Å²) in [5.74, 6) is -0.196. The maximum absolute atomic E-state index is 10.7. The van der Waals surface area contributed by atoms with E-state index < -0.39 is 0 Å². The monoisotopic (exact) mass is 275 g/mol. The van der Waals surface area contributed by atoms with Crippen LogP contribution in [0.5, 0.6) is 0 Å². The van der Waals surface area contributed by atoms with Crippen LogP contribution in [-0.2, 0) is 4.79 Å². The van der Waals surface area contributed by atoms with E-state index in [9.17, 15) is 4.79 Å². The molecule has 1 saturated heterocycles. The number of hydrogen-bond acceptors (Lipinski definition) is 3. The van der Waals surface area contributed by atoms with Crippen LogP contribution in [0.25, 0.3) is 0 Å². The van der Waals surface area contributed by atoms with Gasteiger partial charge in [0, 0.05) is 38.3 Å². The van der Waals surface area contributed by atoms with Crippen molar-refractivity contribution >= 4 is 11.6 Å². The van der Waals surface area contributed by atoms with Crippen LogP contribution in [0.2, 0.25) is 0 Å². The fourth-order valence-electron chi connectivity index (χ4n) is 2.63. The summed E-state index contributed by atoms with van der Waals surface area (Å²) in [4.78, 5) is 15.6. The number of carbonyl (C=O) groups is 1. The highest BCUT2D eigenvalue weighted by Crippen LogP contribution is 2.20. The normalized spacial score (nSPS) is 16.4. The van der Waals surface area contributed by atoms with Crippen molar-refractivity contribution in [3.63, 3.8) is 0 Å². The smallest absolute Gasteiger partial charge is 0.217 e. The number of piperazine rings is 1. The highest BCUT2D eigenvalue weighted by Gasteiger charge is 2.17. The largest absolute Gasteiger partial charge is 0.370 e. The molecule has 1 fully saturated rings. The Kier molecular flexibility index (Phi) is 5.01. The number of benzene rings is 1. The Morgan fingerprint density at radius 3 is 2.45 bits per heavy atom. The summed E-state index contributed by atoms with van der Waals surface area (Å²) in [5.41, 5.74) is 9.19. The third kappa shape index (κ3) is 3.97. The molecular weight excluding hydrogens is 250 g/mol. The van der Waals surface area contributed by atoms with Crippen molar-refractivity contribution in [2.45, 2.75) is 26.7 Å². The van der Waals surface area contributed by atoms with Gasteiger partial charge in [-0.05, 0) is 50.1 Å². The molecule has 0 spiro atoms. The molecule has 20 heavy (non-hydrogen) atoms. The second kappa shape index (κ2) is 6.75. The van der Waals surface area contributed by atoms with Crippen LogP contribution in [0, 0.1) is 13.8 Å². The van der Waals surface area contributed by atoms with Crippen LogP contribution < -0.4 is 10.6 Å². The Bertz CT molecular complexity index is 465. The maximum atomic E-state index is 10.7. The topological polar surface area (TPSA) is 49.6 Å². The Labute approximate surface area is 121 Å². The van der Waals surface area contributed by atoms with Gasteiger partial charge in [0.1, 0.15) is 0 Å². The van der Waals surface area contributed by atoms with E-state index >= 15 is 0 Å². The van der Waals surface area contributed by atoms with Crippen LogP contribution >= 0.6 is 0 Å². The highest BCUT2D eigenvalue weighted by atomic mass is 16.1. The van der Waals surface area contributed by atoms with E-state index in [0.717, 1.165) is 39.1 Å². The van der Waals surface area contributed by atoms with Gasteiger partial charge in [-0.2, -0.15) is 0 Å². The molecule has 110 valence electrons. The first-order valence-corrected chi connectivity index (χ1v) is 7.39. The van der Waals surface area contributed by atoms with E-state index in [1.807, 2.05) is 0 Å². The van der Waals surface area contributed by atoms with Crippen molar-refractivity contribution in [3.8, 4) is 0 Å². The molecule has 1 aromatic carbocycles. The molecule has 0 atom stereocenters. The maximum Gasteiger partial charge on any atom is 0.217 e. The molecule has 1 aliphatic heterocycles. The number of carbonyl (C=O) groups excluding carboxylic acids is 1. The zero-order chi connectivity index (χ0) is 14.5. The summed E-state index contributed by atoms with van der Waals surface area (Å²) in [6.07, 6.45) is 1.37. The molecule has 2 rings (SSSR count). The Hall–Kier alpha value is -1.55. The molecule has 0 aromatic heterocycles. The first-order chi connectivity index (χ1) is 9.56. The van der Waals surface area contributed by atoms with E-state index in [0.29, 0.717) is 6.42 Å². The molecule has 0 radical (unpaired) electrons. The molecule has 1 aliphatic rings. The van der Waals surface area contributed by atoms with Gasteiger partial charge in [-0.1, -0.05) is 6.07 Å². The van der Waals surface area contributed by atoms with Gasteiger partial charge in [0.05, 0.1) is 0 Å². The first-order valence-electron chi connectivity index (χ1n) is 7.39. The van der Waals surface area contributed by atoms with Crippen molar-refractivity contribution in [2.75, 3.05) is 37.6 Å². The van der Waals surface area contributed by atoms with Crippen LogP contribution in [0.3, 0.4) is 0 Å². The van der Waals surface area contributed by atoms with E-state index in [-0.39, 0.29) is 5.91 Å². The Balaban J connectivity index is 1.81. The number of primary amides is 1. The van der Waals surface area contributed by atoms with Crippen molar-refractivity contribution in [1.29, 1.82) is 0 Å². The standard InChI is InChI=1S/C16H25N3O/c1-13-5-6-15(12-14(13)2)19-10-8-18(9-11-19)7-3-4-16(17)20/h5-6,12H,3-4,7-11H2,1-2H3,(H2,17,20). The van der Waals surface area contributed by atoms with Gasteiger partial charge in [0.25, 0.3) is 0 Å². The van der Waals surface area contributed by atoms with Crippen molar-refractivity contribution in [3.05, 3.63) is 29.3 Å². The van der Waals surface area contributed by atoms with E-state index in [2.05, 4.69) is 41.8 Å². The number of anilines is 1. The molecular formula is C16H25N3O. The average Bonchev–Trinajstić information content (AvgIpc) is 2.42. The highest BCUT2D eigenvalue weighted by molar-refractivity contribution is 5.73. The van der Waals surface area contributed by atoms with Crippen molar-refractivity contribution in [2.24, 2.45) is 5.73 Å². The number of nitrogens with two attached hydrogens (primary N) is 1. The number of aryl methyl sites for hydroxylation is 2. The Morgan fingerprint density at radius 1 is 1.15 bits per heavy atom. The summed E-state index contributed by atoms with van der Waals surface area (Å²) >= 11 is 0. The quantitative estimate of drug-likeness (QED) is 0.889. The molecule has 2 N–H and O–H groups in total. The second-order valence-electron chi connectivity index (χ2n) is 5.67. The lowest BCUT2D eigenvalue weighted by Gasteiger charge is -2.36. The van der Waals surface area contributed by atoms with Gasteiger partial charge in [-0.3, -0.25) is 9.69 Å². The number of hydrogen-bond donors (Lipinski definition) is 1. The predicted octanol–water partition coefficient (Wildman–Crippen LogP) is 1.69. The molecule has 1 heterocycles. The van der Waals surface area contributed by atoms with Crippen LogP contribution in [-0.4, -0.2) is 43.5 Å². The van der Waals surface area contributed by atoms with E-state index in [1.54, 1.807) is 0 Å². The number of rotatable bonds is 5. The zero-order valence-electron chi connectivity index (χ0n) is 12.6. The minimum absolute atomic E-state index is 0.196. The summed E-state index contributed by atoms with van der Waals surface area (Å²) in [6, 6.07) is 6.69. The minimum atomic E-state index is -0.196. The first kappa shape index (κ1) is 14.9. The molecule has 0 aliphatic carbocycles. The van der Waals surface area contributed by atoms with Crippen LogP contribution in [0.1, 0.15) is 24.0 Å². The molecule has 4 nitrogen and oxygen atoms in total. The summed E-state index contributed by atoms with van der Waals surface area (Å²) in [6.45, 7) is 9.52. The van der Waals surface area contributed by atoms with Crippen LogP contribution in [0.15, 0.2) is 18.2 Å². The lowest BCUT2D eigenvalue weighted by molar-refractivity contribution is -0.118. The summed E-state index contributed by atoms with van der Waals surface area (Å²) in [7, 11) is 0. The molecule has 0 bridgehead atoms. The molecule has 0 saturated carbocycles. The number of nitrogens with zero attached hydrogens (tertiary/aromatic N) is 2. The summed E-state index contributed by atoms with van der Waals surface area (Å²) < 4.78 is 0. The fraction of sp³-hybridized carbons (Fsp3) is 0.562. The number of amides is 1. The molecule has 0 unspecified atom stereocenters. The molecule has 1 amide bonds. The lowest BCUT2D eigenvalue weighted by Crippen LogP contribution is -2.46. The third-order valence-electron chi connectivity index (χ3n) is 4.13. The SMILES string of the molecule is Cc1ccc(N2CCN(CCCC(N)=O)CC2)cc1C. The van der Waals surface area contributed by atoms with Gasteiger partial charge < -0.3 is 10.6 Å². The predicted molar refractivity (Wildman–Crippen MR) is 83.0 cm³/mol. The van der Waals surface area contributed by atoms with Crippen molar-refractivity contribution < 1.29 is 4.79 Å². The zero-order valence-corrected chi connectivity index (χ0v) is 12.6. The fourth-order valence-corrected chi connectivity index (χ4v) is 2.63. The van der Waals surface area contributed by atoms with Crippen molar-refractivity contribution in [1.82, 2.24) is 4.90 Å². The lowest BCUT2D eigenvalue weighted by atomic mass is 10.1. The summed E-state index contributed by atoms with van der Waals surface area (Å²) in [5, 5.41) is 0. The van der Waals surface area contributed by atoms with Crippen LogP contribution in [0.4, 0.5) is 5.69 Å². The Morgan fingerprint density at radius 2 is 1.85 bits per heavy atom. The molecule has 4 heteroatoms. The van der Waals surface area contributed by atoms with Gasteiger partial charge in [0.15, 0.2) is 0 Å². The minimum Gasteiger partial charge on any atom is -0.370 e. The average molecular weight is 275 g/mol. The van der Waals surface area contributed by atoms with Gasteiger partial charge in [0.2, 0.25) is 5.91 Å². The third-order valence-corrected chi connectivity index (χ3v) is 4.13. The van der Waals surface area contributed by atoms with Gasteiger partial charge in [-0.25, -0.2) is 0 Å². The van der Waals surface area contributed by atoms with E-state index in [4.69, 9.17) is 5.73 Å². The van der Waals surface area contributed by atoms with E-state index in [1.165, 1.54) is 16.8 Å². The van der Waals surface area contributed by atoms with Gasteiger partial charge in [-0.15, -0.1) is 0 Å².